The SMILES string of the molecule is CCC(CC)c1cc(-c2ccccc2)on1. The molecule has 0 amide bonds. The van der Waals surface area contributed by atoms with Gasteiger partial charge < -0.3 is 4.52 Å². The molecular formula is C14H17NO. The van der Waals surface area contributed by atoms with Crippen LogP contribution >= 0.6 is 0 Å². The van der Waals surface area contributed by atoms with Crippen LogP contribution in [-0.2, 0) is 0 Å². The Kier molecular flexibility index (Phi) is 3.40. The Morgan fingerprint density at radius 3 is 2.44 bits per heavy atom. The van der Waals surface area contributed by atoms with Crippen molar-refractivity contribution in [2.24, 2.45) is 0 Å². The van der Waals surface area contributed by atoms with E-state index in [4.69, 9.17) is 4.52 Å². The third-order valence-electron chi connectivity index (χ3n) is 2.99. The van der Waals surface area contributed by atoms with Crippen LogP contribution in [0.3, 0.4) is 0 Å². The van der Waals surface area contributed by atoms with Gasteiger partial charge in [-0.3, -0.25) is 0 Å². The Labute approximate surface area is 96.3 Å². The largest absolute Gasteiger partial charge is 0.356 e. The van der Waals surface area contributed by atoms with E-state index in [1.54, 1.807) is 0 Å². The molecule has 2 nitrogen and oxygen atoms in total. The quantitative estimate of drug-likeness (QED) is 0.762. The summed E-state index contributed by atoms with van der Waals surface area (Å²) in [6.45, 7) is 4.37. The van der Waals surface area contributed by atoms with Gasteiger partial charge in [-0.15, -0.1) is 0 Å². The highest BCUT2D eigenvalue weighted by Crippen LogP contribution is 2.27. The van der Waals surface area contributed by atoms with Crippen molar-refractivity contribution < 1.29 is 4.52 Å². The molecule has 0 bridgehead atoms. The Bertz CT molecular complexity index is 429. The highest BCUT2D eigenvalue weighted by molar-refractivity contribution is 5.57. The standard InChI is InChI=1S/C14H17NO/c1-3-11(4-2)13-10-14(16-15-13)12-8-6-5-7-9-12/h5-11H,3-4H2,1-2H3. The fraction of sp³-hybridized carbons (Fsp3) is 0.357. The maximum absolute atomic E-state index is 5.39. The lowest BCUT2D eigenvalue weighted by molar-refractivity contribution is 0.413. The molecule has 0 aliphatic rings. The molecule has 1 aromatic heterocycles. The minimum atomic E-state index is 0.515. The number of rotatable bonds is 4. The van der Waals surface area contributed by atoms with Gasteiger partial charge in [-0.25, -0.2) is 0 Å². The monoisotopic (exact) mass is 215 g/mol. The van der Waals surface area contributed by atoms with E-state index in [1.165, 1.54) is 0 Å². The van der Waals surface area contributed by atoms with E-state index in [2.05, 4.69) is 25.1 Å². The summed E-state index contributed by atoms with van der Waals surface area (Å²) >= 11 is 0. The van der Waals surface area contributed by atoms with Gasteiger partial charge in [0.15, 0.2) is 5.76 Å². The molecule has 2 heteroatoms. The Hall–Kier alpha value is -1.57. The first-order chi connectivity index (χ1) is 7.85. The van der Waals surface area contributed by atoms with Gasteiger partial charge in [0, 0.05) is 17.5 Å². The zero-order chi connectivity index (χ0) is 11.4. The van der Waals surface area contributed by atoms with Crippen LogP contribution in [0.2, 0.25) is 0 Å². The van der Waals surface area contributed by atoms with Crippen molar-refractivity contribution in [3.63, 3.8) is 0 Å². The zero-order valence-corrected chi connectivity index (χ0v) is 9.81. The van der Waals surface area contributed by atoms with E-state index in [0.717, 1.165) is 29.9 Å². The van der Waals surface area contributed by atoms with Crippen LogP contribution in [0.25, 0.3) is 11.3 Å². The lowest BCUT2D eigenvalue weighted by Crippen LogP contribution is -1.94. The summed E-state index contributed by atoms with van der Waals surface area (Å²) in [5.74, 6) is 1.38. The molecule has 0 aliphatic carbocycles. The Morgan fingerprint density at radius 1 is 1.12 bits per heavy atom. The minimum Gasteiger partial charge on any atom is -0.356 e. The molecule has 0 atom stereocenters. The predicted octanol–water partition coefficient (Wildman–Crippen LogP) is 4.25. The fourth-order valence-corrected chi connectivity index (χ4v) is 1.93. The predicted molar refractivity (Wildman–Crippen MR) is 65.3 cm³/mol. The number of aromatic nitrogens is 1. The molecule has 0 aliphatic heterocycles. The van der Waals surface area contributed by atoms with Crippen LogP contribution in [0, 0.1) is 0 Å². The average Bonchev–Trinajstić information content (AvgIpc) is 2.81. The second-order valence-electron chi connectivity index (χ2n) is 4.00. The van der Waals surface area contributed by atoms with Crippen LogP contribution in [0.15, 0.2) is 40.9 Å². The van der Waals surface area contributed by atoms with Crippen LogP contribution < -0.4 is 0 Å². The minimum absolute atomic E-state index is 0.515. The summed E-state index contributed by atoms with van der Waals surface area (Å²) < 4.78 is 5.39. The Balaban J connectivity index is 2.26. The van der Waals surface area contributed by atoms with Crippen molar-refractivity contribution in [3.05, 3.63) is 42.1 Å². The van der Waals surface area contributed by atoms with Gasteiger partial charge in [0.05, 0.1) is 5.69 Å². The molecule has 84 valence electrons. The van der Waals surface area contributed by atoms with Gasteiger partial charge in [0.25, 0.3) is 0 Å². The number of nitrogens with zero attached hydrogens (tertiary/aromatic N) is 1. The van der Waals surface area contributed by atoms with E-state index in [1.807, 2.05) is 30.3 Å². The zero-order valence-electron chi connectivity index (χ0n) is 9.81. The van der Waals surface area contributed by atoms with Crippen LogP contribution in [0.4, 0.5) is 0 Å². The van der Waals surface area contributed by atoms with Crippen molar-refractivity contribution in [1.29, 1.82) is 0 Å². The highest BCUT2D eigenvalue weighted by atomic mass is 16.5. The van der Waals surface area contributed by atoms with Gasteiger partial charge in [0.2, 0.25) is 0 Å². The third-order valence-corrected chi connectivity index (χ3v) is 2.99. The van der Waals surface area contributed by atoms with E-state index in [-0.39, 0.29) is 0 Å². The van der Waals surface area contributed by atoms with Gasteiger partial charge in [0.1, 0.15) is 0 Å². The van der Waals surface area contributed by atoms with Crippen molar-refractivity contribution in [1.82, 2.24) is 5.16 Å². The number of hydrogen-bond donors (Lipinski definition) is 0. The first-order valence-corrected chi connectivity index (χ1v) is 5.87. The number of hydrogen-bond acceptors (Lipinski definition) is 2. The van der Waals surface area contributed by atoms with E-state index in [9.17, 15) is 0 Å². The second kappa shape index (κ2) is 4.97. The van der Waals surface area contributed by atoms with Gasteiger partial charge in [-0.05, 0) is 12.8 Å². The Morgan fingerprint density at radius 2 is 1.81 bits per heavy atom. The summed E-state index contributed by atoms with van der Waals surface area (Å²) in [6.07, 6.45) is 2.22. The second-order valence-corrected chi connectivity index (χ2v) is 4.00. The normalized spacial score (nSPS) is 10.9. The summed E-state index contributed by atoms with van der Waals surface area (Å²) in [6, 6.07) is 12.2. The molecule has 16 heavy (non-hydrogen) atoms. The van der Waals surface area contributed by atoms with Gasteiger partial charge in [-0.1, -0.05) is 49.3 Å². The van der Waals surface area contributed by atoms with E-state index in [0.29, 0.717) is 5.92 Å². The molecule has 0 fully saturated rings. The lowest BCUT2D eigenvalue weighted by atomic mass is 9.99. The van der Waals surface area contributed by atoms with Crippen LogP contribution in [0.1, 0.15) is 38.3 Å². The fourth-order valence-electron chi connectivity index (χ4n) is 1.93. The van der Waals surface area contributed by atoms with Crippen molar-refractivity contribution in [3.8, 4) is 11.3 Å². The lowest BCUT2D eigenvalue weighted by Gasteiger charge is -2.05. The van der Waals surface area contributed by atoms with E-state index >= 15 is 0 Å². The molecule has 0 unspecified atom stereocenters. The van der Waals surface area contributed by atoms with Gasteiger partial charge >= 0.3 is 0 Å². The molecule has 1 heterocycles. The van der Waals surface area contributed by atoms with Gasteiger partial charge in [-0.2, -0.15) is 0 Å². The van der Waals surface area contributed by atoms with Crippen LogP contribution in [0.5, 0.6) is 0 Å². The third kappa shape index (κ3) is 2.16. The maximum Gasteiger partial charge on any atom is 0.167 e. The molecule has 0 spiro atoms. The van der Waals surface area contributed by atoms with Crippen molar-refractivity contribution in [2.45, 2.75) is 32.6 Å². The summed E-state index contributed by atoms with van der Waals surface area (Å²) in [5, 5.41) is 4.16. The van der Waals surface area contributed by atoms with Crippen LogP contribution in [-0.4, -0.2) is 5.16 Å². The van der Waals surface area contributed by atoms with Crippen molar-refractivity contribution in [2.75, 3.05) is 0 Å². The smallest absolute Gasteiger partial charge is 0.167 e. The maximum atomic E-state index is 5.39. The summed E-state index contributed by atoms with van der Waals surface area (Å²) in [5.41, 5.74) is 2.16. The van der Waals surface area contributed by atoms with Crippen molar-refractivity contribution >= 4 is 0 Å². The topological polar surface area (TPSA) is 26.0 Å². The molecule has 1 aromatic carbocycles. The first kappa shape index (κ1) is 10.9. The molecule has 0 radical (unpaired) electrons. The highest BCUT2D eigenvalue weighted by Gasteiger charge is 2.13. The van der Waals surface area contributed by atoms with E-state index < -0.39 is 0 Å². The summed E-state index contributed by atoms with van der Waals surface area (Å²) in [4.78, 5) is 0. The molecular weight excluding hydrogens is 198 g/mol. The molecule has 0 saturated carbocycles. The first-order valence-electron chi connectivity index (χ1n) is 5.87. The molecule has 2 aromatic rings. The molecule has 0 N–H and O–H groups in total. The summed E-state index contributed by atoms with van der Waals surface area (Å²) in [7, 11) is 0. The average molecular weight is 215 g/mol. The number of benzene rings is 1. The molecule has 2 rings (SSSR count). The molecule has 0 saturated heterocycles.